The van der Waals surface area contributed by atoms with E-state index in [4.69, 9.17) is 0 Å². The van der Waals surface area contributed by atoms with E-state index in [2.05, 4.69) is 21.7 Å². The van der Waals surface area contributed by atoms with Crippen LogP contribution in [0, 0.1) is 6.92 Å². The Morgan fingerprint density at radius 3 is 3.11 bits per heavy atom. The Morgan fingerprint density at radius 1 is 1.53 bits per heavy atom. The number of benzene rings is 1. The van der Waals surface area contributed by atoms with E-state index in [0.29, 0.717) is 6.54 Å². The minimum atomic E-state index is -0.161. The zero-order valence-electron chi connectivity index (χ0n) is 10.6. The number of hydrogen-bond acceptors (Lipinski definition) is 4. The number of carbonyl (C=O) groups is 1. The molecule has 1 atom stereocenters. The second kappa shape index (κ2) is 5.01. The molecule has 0 spiro atoms. The van der Waals surface area contributed by atoms with Crippen molar-refractivity contribution in [1.29, 1.82) is 0 Å². The number of amides is 1. The first-order valence-corrected chi connectivity index (χ1v) is 7.13. The summed E-state index contributed by atoms with van der Waals surface area (Å²) < 4.78 is 0. The molecule has 0 aliphatic carbocycles. The minimum absolute atomic E-state index is 0.0454. The highest BCUT2D eigenvalue weighted by Gasteiger charge is 2.26. The maximum atomic E-state index is 12.1. The molecule has 1 aliphatic rings. The van der Waals surface area contributed by atoms with E-state index in [1.165, 1.54) is 5.56 Å². The highest BCUT2D eigenvalue weighted by molar-refractivity contribution is 7.09. The Labute approximate surface area is 115 Å². The number of anilines is 1. The first kappa shape index (κ1) is 12.2. The molecule has 19 heavy (non-hydrogen) atoms. The molecule has 5 heteroatoms. The number of nitrogens with zero attached hydrogens (tertiary/aromatic N) is 1. The van der Waals surface area contributed by atoms with Gasteiger partial charge in [0.2, 0.25) is 5.91 Å². The van der Waals surface area contributed by atoms with Crippen LogP contribution in [-0.4, -0.2) is 16.9 Å². The monoisotopic (exact) mass is 273 g/mol. The van der Waals surface area contributed by atoms with Gasteiger partial charge in [-0.1, -0.05) is 18.2 Å². The molecule has 1 aromatic carbocycles. The Bertz CT molecular complexity index is 583. The van der Waals surface area contributed by atoms with Crippen LogP contribution >= 0.6 is 11.3 Å². The summed E-state index contributed by atoms with van der Waals surface area (Å²) in [5.74, 6) is 0.0454. The van der Waals surface area contributed by atoms with Gasteiger partial charge in [-0.05, 0) is 18.6 Å². The maximum absolute atomic E-state index is 12.1. The van der Waals surface area contributed by atoms with Gasteiger partial charge in [-0.15, -0.1) is 11.3 Å². The van der Waals surface area contributed by atoms with E-state index in [1.54, 1.807) is 16.8 Å². The lowest BCUT2D eigenvalue weighted by molar-refractivity contribution is -0.121. The summed E-state index contributed by atoms with van der Waals surface area (Å²) in [5.41, 5.74) is 5.07. The number of aromatic nitrogens is 1. The summed E-state index contributed by atoms with van der Waals surface area (Å²) in [5, 5.41) is 6.23. The lowest BCUT2D eigenvalue weighted by Gasteiger charge is -2.11. The molecule has 1 amide bonds. The van der Waals surface area contributed by atoms with Gasteiger partial charge in [-0.2, -0.15) is 0 Å². The largest absolute Gasteiger partial charge is 0.373 e. The highest BCUT2D eigenvalue weighted by atomic mass is 32.1. The molecule has 4 nitrogen and oxygen atoms in total. The Kier molecular flexibility index (Phi) is 3.21. The van der Waals surface area contributed by atoms with Gasteiger partial charge in [0.05, 0.1) is 17.7 Å². The van der Waals surface area contributed by atoms with Crippen LogP contribution in [0.3, 0.4) is 0 Å². The zero-order valence-corrected chi connectivity index (χ0v) is 11.5. The van der Waals surface area contributed by atoms with Crippen LogP contribution in [0.15, 0.2) is 29.8 Å². The quantitative estimate of drug-likeness (QED) is 0.900. The van der Waals surface area contributed by atoms with Crippen LogP contribution < -0.4 is 10.6 Å². The average molecular weight is 273 g/mol. The first-order chi connectivity index (χ1) is 9.24. The van der Waals surface area contributed by atoms with Crippen LogP contribution in [-0.2, 0) is 17.8 Å². The third-order valence-corrected chi connectivity index (χ3v) is 4.29. The summed E-state index contributed by atoms with van der Waals surface area (Å²) in [6.45, 7) is 2.52. The number of aryl methyl sites for hydroxylation is 1. The molecular formula is C14H15N3OS. The number of hydrogen-bond donors (Lipinski definition) is 2. The van der Waals surface area contributed by atoms with Crippen LogP contribution in [0.5, 0.6) is 0 Å². The van der Waals surface area contributed by atoms with Crippen molar-refractivity contribution in [1.82, 2.24) is 10.3 Å². The number of rotatable bonds is 3. The Morgan fingerprint density at radius 2 is 2.37 bits per heavy atom. The van der Waals surface area contributed by atoms with Crippen LogP contribution in [0.4, 0.5) is 5.69 Å². The molecule has 2 aromatic rings. The fraction of sp³-hybridized carbons (Fsp3) is 0.286. The molecule has 2 heterocycles. The molecule has 3 rings (SSSR count). The van der Waals surface area contributed by atoms with Crippen LogP contribution in [0.25, 0.3) is 0 Å². The van der Waals surface area contributed by atoms with Crippen LogP contribution in [0.2, 0.25) is 0 Å². The predicted octanol–water partition coefficient (Wildman–Crippen LogP) is 2.10. The first-order valence-electron chi connectivity index (χ1n) is 6.25. The van der Waals surface area contributed by atoms with Gasteiger partial charge in [-0.25, -0.2) is 4.98 Å². The fourth-order valence-electron chi connectivity index (χ4n) is 2.24. The van der Waals surface area contributed by atoms with Gasteiger partial charge >= 0.3 is 0 Å². The minimum Gasteiger partial charge on any atom is -0.373 e. The summed E-state index contributed by atoms with van der Waals surface area (Å²) in [7, 11) is 0. The summed E-state index contributed by atoms with van der Waals surface area (Å²) in [6, 6.07) is 7.89. The van der Waals surface area contributed by atoms with E-state index >= 15 is 0 Å². The summed E-state index contributed by atoms with van der Waals surface area (Å²) >= 11 is 1.58. The third kappa shape index (κ3) is 2.46. The number of fused-ring (bicyclic) bond motifs is 1. The van der Waals surface area contributed by atoms with Gasteiger partial charge in [0, 0.05) is 17.0 Å². The Balaban J connectivity index is 1.60. The van der Waals surface area contributed by atoms with E-state index < -0.39 is 0 Å². The molecule has 0 radical (unpaired) electrons. The van der Waals surface area contributed by atoms with Gasteiger partial charge < -0.3 is 10.6 Å². The highest BCUT2D eigenvalue weighted by Crippen LogP contribution is 2.25. The topological polar surface area (TPSA) is 54.0 Å². The molecule has 1 aromatic heterocycles. The van der Waals surface area contributed by atoms with E-state index in [-0.39, 0.29) is 11.9 Å². The van der Waals surface area contributed by atoms with Crippen molar-refractivity contribution in [2.24, 2.45) is 0 Å². The molecule has 0 bridgehead atoms. The van der Waals surface area contributed by atoms with Crippen molar-refractivity contribution in [3.63, 3.8) is 0 Å². The molecule has 0 fully saturated rings. The molecule has 1 unspecified atom stereocenters. The lowest BCUT2D eigenvalue weighted by atomic mass is 10.1. The van der Waals surface area contributed by atoms with Crippen molar-refractivity contribution >= 4 is 22.9 Å². The third-order valence-electron chi connectivity index (χ3n) is 3.36. The number of nitrogens with one attached hydrogen (secondary N) is 2. The molecule has 0 saturated carbocycles. The molecule has 2 N–H and O–H groups in total. The molecule has 1 aliphatic heterocycles. The molecule has 98 valence electrons. The van der Waals surface area contributed by atoms with E-state index in [1.807, 2.05) is 25.1 Å². The summed E-state index contributed by atoms with van der Waals surface area (Å²) in [4.78, 5) is 17.4. The van der Waals surface area contributed by atoms with Crippen molar-refractivity contribution in [3.05, 3.63) is 45.9 Å². The molecular weight excluding hydrogens is 258 g/mol. The fourth-order valence-corrected chi connectivity index (χ4v) is 2.96. The standard InChI is InChI=1S/C14H15N3OS/c1-9-13(19-8-16-9)7-15-14(18)12-6-10-4-2-3-5-11(10)17-12/h2-5,8,12,17H,6-7H2,1H3,(H,15,18). The smallest absolute Gasteiger partial charge is 0.243 e. The van der Waals surface area contributed by atoms with E-state index in [9.17, 15) is 4.79 Å². The van der Waals surface area contributed by atoms with Crippen molar-refractivity contribution in [3.8, 4) is 0 Å². The van der Waals surface area contributed by atoms with Crippen molar-refractivity contribution in [2.45, 2.75) is 25.9 Å². The van der Waals surface area contributed by atoms with Gasteiger partial charge in [-0.3, -0.25) is 4.79 Å². The van der Waals surface area contributed by atoms with E-state index in [0.717, 1.165) is 22.7 Å². The lowest BCUT2D eigenvalue weighted by Crippen LogP contribution is -2.37. The van der Waals surface area contributed by atoms with Gasteiger partial charge in [0.1, 0.15) is 6.04 Å². The van der Waals surface area contributed by atoms with Crippen molar-refractivity contribution in [2.75, 3.05) is 5.32 Å². The maximum Gasteiger partial charge on any atom is 0.243 e. The second-order valence-electron chi connectivity index (χ2n) is 4.64. The predicted molar refractivity (Wildman–Crippen MR) is 76.3 cm³/mol. The zero-order chi connectivity index (χ0) is 13.2. The molecule has 0 saturated heterocycles. The Hall–Kier alpha value is -1.88. The normalized spacial score (nSPS) is 16.8. The number of thiazole rings is 1. The second-order valence-corrected chi connectivity index (χ2v) is 5.58. The average Bonchev–Trinajstić information content (AvgIpc) is 3.01. The van der Waals surface area contributed by atoms with Gasteiger partial charge in [0.25, 0.3) is 0 Å². The summed E-state index contributed by atoms with van der Waals surface area (Å²) in [6.07, 6.45) is 0.754. The SMILES string of the molecule is Cc1ncsc1CNC(=O)C1Cc2ccccc2N1. The number of para-hydroxylation sites is 1. The van der Waals surface area contributed by atoms with Crippen molar-refractivity contribution < 1.29 is 4.79 Å². The van der Waals surface area contributed by atoms with Gasteiger partial charge in [0.15, 0.2) is 0 Å². The number of carbonyl (C=O) groups excluding carboxylic acids is 1. The van der Waals surface area contributed by atoms with Crippen LogP contribution in [0.1, 0.15) is 16.1 Å².